The quantitative estimate of drug-likeness (QED) is 0.752. The normalized spacial score (nSPS) is 11.6. The lowest BCUT2D eigenvalue weighted by atomic mass is 10.3. The van der Waals surface area contributed by atoms with Crippen LogP contribution in [0.15, 0.2) is 24.5 Å². The van der Waals surface area contributed by atoms with E-state index in [2.05, 4.69) is 20.5 Å². The fourth-order valence-corrected chi connectivity index (χ4v) is 1.90. The van der Waals surface area contributed by atoms with Gasteiger partial charge in [-0.3, -0.25) is 4.40 Å². The van der Waals surface area contributed by atoms with Crippen molar-refractivity contribution in [3.8, 4) is 0 Å². The third-order valence-corrected chi connectivity index (χ3v) is 2.61. The smallest absolute Gasteiger partial charge is 0.203 e. The van der Waals surface area contributed by atoms with Crippen LogP contribution in [0.3, 0.4) is 0 Å². The number of nitrogens with one attached hydrogen (secondary N) is 1. The molecule has 0 fully saturated rings. The maximum atomic E-state index is 13.3. The van der Waals surface area contributed by atoms with Crippen LogP contribution >= 0.6 is 0 Å². The number of rotatable bonds is 2. The Labute approximate surface area is 103 Å². The molecule has 1 aromatic carbocycles. The first-order chi connectivity index (χ1) is 8.65. The summed E-state index contributed by atoms with van der Waals surface area (Å²) < 4.78 is 15.0. The fraction of sp³-hybridized carbons (Fsp3) is 0.250. The molecule has 0 amide bonds. The minimum atomic E-state index is -0.302. The highest BCUT2D eigenvalue weighted by atomic mass is 19.1. The van der Waals surface area contributed by atoms with Gasteiger partial charge in [0, 0.05) is 12.1 Å². The average Bonchev–Trinajstić information content (AvgIpc) is 2.79. The van der Waals surface area contributed by atoms with E-state index in [4.69, 9.17) is 0 Å². The van der Waals surface area contributed by atoms with Gasteiger partial charge in [-0.2, -0.15) is 0 Å². The topological polar surface area (TPSA) is 55.1 Å². The zero-order valence-electron chi connectivity index (χ0n) is 10.1. The lowest BCUT2D eigenvalue weighted by Crippen LogP contribution is -2.12. The van der Waals surface area contributed by atoms with Gasteiger partial charge in [0.05, 0.1) is 11.0 Å². The van der Waals surface area contributed by atoms with Gasteiger partial charge in [0.15, 0.2) is 5.82 Å². The van der Waals surface area contributed by atoms with Gasteiger partial charge in [-0.15, -0.1) is 10.2 Å². The number of hydrogen-bond acceptors (Lipinski definition) is 4. The molecular weight excluding hydrogens is 233 g/mol. The van der Waals surface area contributed by atoms with Crippen LogP contribution < -0.4 is 5.32 Å². The van der Waals surface area contributed by atoms with E-state index in [1.165, 1.54) is 12.1 Å². The summed E-state index contributed by atoms with van der Waals surface area (Å²) in [6.07, 6.45) is 1.56. The monoisotopic (exact) mass is 245 g/mol. The molecule has 92 valence electrons. The Balaban J connectivity index is 2.36. The van der Waals surface area contributed by atoms with Gasteiger partial charge < -0.3 is 5.32 Å². The molecule has 2 heterocycles. The van der Waals surface area contributed by atoms with Crippen molar-refractivity contribution in [2.24, 2.45) is 0 Å². The van der Waals surface area contributed by atoms with Gasteiger partial charge in [-0.1, -0.05) is 0 Å². The van der Waals surface area contributed by atoms with Gasteiger partial charge in [0.1, 0.15) is 12.1 Å². The SMILES string of the molecule is CC(C)Nc1nc2ccc(F)cc2n2cnnc12. The maximum absolute atomic E-state index is 13.3. The maximum Gasteiger partial charge on any atom is 0.203 e. The van der Waals surface area contributed by atoms with Crippen molar-refractivity contribution in [1.29, 1.82) is 0 Å². The van der Waals surface area contributed by atoms with Crippen LogP contribution in [0.25, 0.3) is 16.7 Å². The number of fused-ring (bicyclic) bond motifs is 3. The summed E-state index contributed by atoms with van der Waals surface area (Å²) in [6, 6.07) is 4.70. The second kappa shape index (κ2) is 3.90. The van der Waals surface area contributed by atoms with E-state index < -0.39 is 0 Å². The molecule has 0 radical (unpaired) electrons. The Morgan fingerprint density at radius 3 is 2.94 bits per heavy atom. The van der Waals surface area contributed by atoms with Crippen LogP contribution in [0, 0.1) is 5.82 Å². The molecule has 0 saturated heterocycles. The van der Waals surface area contributed by atoms with Crippen LogP contribution in [0.5, 0.6) is 0 Å². The Morgan fingerprint density at radius 1 is 1.33 bits per heavy atom. The highest BCUT2D eigenvalue weighted by Gasteiger charge is 2.11. The van der Waals surface area contributed by atoms with Crippen molar-refractivity contribution in [3.63, 3.8) is 0 Å². The molecule has 0 atom stereocenters. The molecule has 0 saturated carbocycles. The summed E-state index contributed by atoms with van der Waals surface area (Å²) in [4.78, 5) is 4.46. The minimum absolute atomic E-state index is 0.232. The Bertz CT molecular complexity index is 719. The molecule has 5 nitrogen and oxygen atoms in total. The van der Waals surface area contributed by atoms with E-state index in [1.54, 1.807) is 16.8 Å². The first-order valence-electron chi connectivity index (χ1n) is 5.70. The van der Waals surface area contributed by atoms with Crippen molar-refractivity contribution in [2.75, 3.05) is 5.32 Å². The van der Waals surface area contributed by atoms with Gasteiger partial charge in [-0.25, -0.2) is 9.37 Å². The van der Waals surface area contributed by atoms with E-state index in [0.29, 0.717) is 22.5 Å². The van der Waals surface area contributed by atoms with E-state index >= 15 is 0 Å². The predicted molar refractivity (Wildman–Crippen MR) is 67.0 cm³/mol. The highest BCUT2D eigenvalue weighted by Crippen LogP contribution is 2.21. The molecule has 0 bridgehead atoms. The van der Waals surface area contributed by atoms with Crippen molar-refractivity contribution < 1.29 is 4.39 Å². The third kappa shape index (κ3) is 1.66. The standard InChI is InChI=1S/C12H12FN5/c1-7(2)15-11-12-17-14-6-18(12)10-5-8(13)3-4-9(10)16-11/h3-7H,1-2H3,(H,15,16). The molecule has 6 heteroatoms. The number of aromatic nitrogens is 4. The van der Waals surface area contributed by atoms with E-state index in [0.717, 1.165) is 0 Å². The lowest BCUT2D eigenvalue weighted by Gasteiger charge is -2.11. The Morgan fingerprint density at radius 2 is 2.17 bits per heavy atom. The number of anilines is 1. The van der Waals surface area contributed by atoms with E-state index in [9.17, 15) is 4.39 Å². The van der Waals surface area contributed by atoms with Gasteiger partial charge in [-0.05, 0) is 26.0 Å². The van der Waals surface area contributed by atoms with Gasteiger partial charge in [0.25, 0.3) is 0 Å². The predicted octanol–water partition coefficient (Wildman–Crippen LogP) is 2.24. The molecule has 0 unspecified atom stereocenters. The number of nitrogens with zero attached hydrogens (tertiary/aromatic N) is 4. The summed E-state index contributed by atoms with van der Waals surface area (Å²) in [6.45, 7) is 4.03. The van der Waals surface area contributed by atoms with Crippen molar-refractivity contribution in [1.82, 2.24) is 19.6 Å². The molecule has 18 heavy (non-hydrogen) atoms. The zero-order chi connectivity index (χ0) is 12.7. The van der Waals surface area contributed by atoms with Crippen LogP contribution in [0.2, 0.25) is 0 Å². The molecule has 0 spiro atoms. The average molecular weight is 245 g/mol. The largest absolute Gasteiger partial charge is 0.365 e. The Hall–Kier alpha value is -2.24. The van der Waals surface area contributed by atoms with Crippen molar-refractivity contribution in [3.05, 3.63) is 30.3 Å². The molecule has 2 aromatic heterocycles. The number of halogens is 1. The minimum Gasteiger partial charge on any atom is -0.365 e. The molecule has 3 aromatic rings. The van der Waals surface area contributed by atoms with E-state index in [1.807, 2.05) is 13.8 Å². The Kier molecular flexibility index (Phi) is 2.36. The lowest BCUT2D eigenvalue weighted by molar-refractivity contribution is 0.629. The van der Waals surface area contributed by atoms with E-state index in [-0.39, 0.29) is 11.9 Å². The second-order valence-electron chi connectivity index (χ2n) is 4.42. The number of benzene rings is 1. The van der Waals surface area contributed by atoms with Crippen molar-refractivity contribution >= 4 is 22.5 Å². The molecule has 1 N–H and O–H groups in total. The first-order valence-corrected chi connectivity index (χ1v) is 5.70. The summed E-state index contributed by atoms with van der Waals surface area (Å²) in [5.41, 5.74) is 1.96. The summed E-state index contributed by atoms with van der Waals surface area (Å²) in [7, 11) is 0. The van der Waals surface area contributed by atoms with Gasteiger partial charge >= 0.3 is 0 Å². The molecule has 0 aliphatic carbocycles. The molecule has 0 aliphatic heterocycles. The van der Waals surface area contributed by atoms with Crippen LogP contribution in [0.1, 0.15) is 13.8 Å². The molecule has 0 aliphatic rings. The third-order valence-electron chi connectivity index (χ3n) is 2.61. The summed E-state index contributed by atoms with van der Waals surface area (Å²) >= 11 is 0. The number of hydrogen-bond donors (Lipinski definition) is 1. The molecule has 3 rings (SSSR count). The van der Waals surface area contributed by atoms with Crippen molar-refractivity contribution in [2.45, 2.75) is 19.9 Å². The second-order valence-corrected chi connectivity index (χ2v) is 4.42. The van der Waals surface area contributed by atoms with Gasteiger partial charge in [0.2, 0.25) is 5.65 Å². The highest BCUT2D eigenvalue weighted by molar-refractivity contribution is 5.82. The van der Waals surface area contributed by atoms with Crippen LogP contribution in [-0.4, -0.2) is 25.6 Å². The zero-order valence-corrected chi connectivity index (χ0v) is 10.1. The summed E-state index contributed by atoms with van der Waals surface area (Å²) in [5, 5.41) is 11.1. The van der Waals surface area contributed by atoms with Crippen LogP contribution in [0.4, 0.5) is 10.2 Å². The molecular formula is C12H12FN5. The summed E-state index contributed by atoms with van der Waals surface area (Å²) in [5.74, 6) is 0.352. The first kappa shape index (κ1) is 10.9. The van der Waals surface area contributed by atoms with Crippen LogP contribution in [-0.2, 0) is 0 Å². The fourth-order valence-electron chi connectivity index (χ4n) is 1.90.